The molecule has 1 unspecified atom stereocenters. The summed E-state index contributed by atoms with van der Waals surface area (Å²) in [6.07, 6.45) is 10.3. The summed E-state index contributed by atoms with van der Waals surface area (Å²) in [6.45, 7) is 5.23. The Kier molecular flexibility index (Phi) is 8.03. The van der Waals surface area contributed by atoms with Crippen molar-refractivity contribution in [3.05, 3.63) is 78.5 Å². The quantitative estimate of drug-likeness (QED) is 0.215. The highest BCUT2D eigenvalue weighted by atomic mass is 16.5. The van der Waals surface area contributed by atoms with Gasteiger partial charge in [0.05, 0.1) is 29.1 Å². The van der Waals surface area contributed by atoms with Gasteiger partial charge >= 0.3 is 0 Å². The highest BCUT2D eigenvalue weighted by molar-refractivity contribution is 6.05. The predicted octanol–water partition coefficient (Wildman–Crippen LogP) is 5.38. The van der Waals surface area contributed by atoms with E-state index in [9.17, 15) is 10.1 Å². The summed E-state index contributed by atoms with van der Waals surface area (Å²) < 4.78 is 13.6. The van der Waals surface area contributed by atoms with Gasteiger partial charge in [0.15, 0.2) is 5.65 Å². The van der Waals surface area contributed by atoms with Crippen LogP contribution >= 0.6 is 0 Å². The van der Waals surface area contributed by atoms with Crippen LogP contribution in [-0.4, -0.2) is 61.6 Å². The van der Waals surface area contributed by atoms with E-state index in [-0.39, 0.29) is 11.9 Å². The zero-order chi connectivity index (χ0) is 30.6. The third kappa shape index (κ3) is 5.99. The van der Waals surface area contributed by atoms with Crippen LogP contribution in [0.5, 0.6) is 17.4 Å². The fourth-order valence-corrected chi connectivity index (χ4v) is 5.23. The molecule has 1 atom stereocenters. The van der Waals surface area contributed by atoms with Crippen LogP contribution in [0.25, 0.3) is 16.6 Å². The number of likely N-dealkylation sites (tertiary alicyclic amines) is 1. The molecule has 12 heteroatoms. The van der Waals surface area contributed by atoms with Gasteiger partial charge in [0.25, 0.3) is 0 Å². The molecule has 1 amide bonds. The second-order valence-electron chi connectivity index (χ2n) is 10.5. The molecule has 0 aliphatic carbocycles. The molecule has 2 aromatic carbocycles. The molecular weight excluding hydrogens is 558 g/mol. The van der Waals surface area contributed by atoms with Crippen molar-refractivity contribution in [3.63, 3.8) is 0 Å². The lowest BCUT2D eigenvalue weighted by molar-refractivity contribution is -0.112. The van der Waals surface area contributed by atoms with Gasteiger partial charge in [-0.25, -0.2) is 4.98 Å². The lowest BCUT2D eigenvalue weighted by Gasteiger charge is -2.17. The average molecular weight is 590 g/mol. The fraction of sp³-hybridized carbons (Fsp3) is 0.250. The Bertz CT molecular complexity index is 1930. The van der Waals surface area contributed by atoms with Gasteiger partial charge in [0.2, 0.25) is 11.8 Å². The lowest BCUT2D eigenvalue weighted by Crippen LogP contribution is -2.23. The van der Waals surface area contributed by atoms with Crippen molar-refractivity contribution in [3.8, 4) is 23.4 Å². The molecule has 44 heavy (non-hydrogen) atoms. The van der Waals surface area contributed by atoms with Gasteiger partial charge < -0.3 is 20.1 Å². The van der Waals surface area contributed by atoms with Gasteiger partial charge in [0, 0.05) is 41.5 Å². The number of rotatable bonds is 9. The monoisotopic (exact) mass is 589 g/mol. The number of hydrogen-bond donors (Lipinski definition) is 2. The molecule has 6 rings (SSSR count). The summed E-state index contributed by atoms with van der Waals surface area (Å²) in [5.41, 5.74) is 4.23. The van der Waals surface area contributed by atoms with E-state index in [4.69, 9.17) is 9.47 Å². The zero-order valence-corrected chi connectivity index (χ0v) is 24.6. The van der Waals surface area contributed by atoms with Crippen LogP contribution in [0, 0.1) is 18.3 Å². The number of amides is 1. The summed E-state index contributed by atoms with van der Waals surface area (Å²) in [4.78, 5) is 24.0. The third-order valence-electron chi connectivity index (χ3n) is 7.52. The molecule has 0 spiro atoms. The van der Waals surface area contributed by atoms with Crippen molar-refractivity contribution in [2.75, 3.05) is 30.8 Å². The normalized spacial score (nSPS) is 15.1. The fourth-order valence-electron chi connectivity index (χ4n) is 5.23. The molecule has 4 heterocycles. The van der Waals surface area contributed by atoms with E-state index < -0.39 is 0 Å². The zero-order valence-electron chi connectivity index (χ0n) is 24.6. The number of anilines is 3. The van der Waals surface area contributed by atoms with E-state index >= 15 is 0 Å². The van der Waals surface area contributed by atoms with Crippen molar-refractivity contribution in [1.82, 2.24) is 29.5 Å². The average Bonchev–Trinajstić information content (AvgIpc) is 3.66. The minimum absolute atomic E-state index is 0.246. The molecule has 0 bridgehead atoms. The summed E-state index contributed by atoms with van der Waals surface area (Å²) >= 11 is 0. The van der Waals surface area contributed by atoms with Crippen molar-refractivity contribution in [1.29, 1.82) is 5.26 Å². The third-order valence-corrected chi connectivity index (χ3v) is 7.52. The SMILES string of the molecule is CCOc1cc2ncc(C#N)c(Nc3ccc(Oc4cc5nncn5cn4)c(C)c3)c2cc1NC(=O)C=CC1CCCN1C. The number of nitriles is 1. The largest absolute Gasteiger partial charge is 0.492 e. The van der Waals surface area contributed by atoms with Gasteiger partial charge in [0.1, 0.15) is 30.2 Å². The maximum atomic E-state index is 12.9. The number of benzene rings is 2. The molecule has 222 valence electrons. The Morgan fingerprint density at radius 1 is 1.18 bits per heavy atom. The Hall–Kier alpha value is -5.54. The minimum atomic E-state index is -0.256. The smallest absolute Gasteiger partial charge is 0.248 e. The first-order valence-electron chi connectivity index (χ1n) is 14.3. The van der Waals surface area contributed by atoms with Crippen molar-refractivity contribution in [2.24, 2.45) is 0 Å². The minimum Gasteiger partial charge on any atom is -0.492 e. The van der Waals surface area contributed by atoms with Crippen LogP contribution in [0.2, 0.25) is 0 Å². The summed E-state index contributed by atoms with van der Waals surface area (Å²) in [5, 5.41) is 24.9. The van der Waals surface area contributed by atoms with Crippen LogP contribution < -0.4 is 20.1 Å². The molecule has 0 radical (unpaired) electrons. The topological polar surface area (TPSA) is 143 Å². The first kappa shape index (κ1) is 28.6. The van der Waals surface area contributed by atoms with Gasteiger partial charge in [-0.3, -0.25) is 19.1 Å². The number of aromatic nitrogens is 5. The van der Waals surface area contributed by atoms with E-state index in [1.165, 1.54) is 6.20 Å². The Labute approximate surface area is 254 Å². The van der Waals surface area contributed by atoms with Gasteiger partial charge in [-0.05, 0) is 70.1 Å². The lowest BCUT2D eigenvalue weighted by atomic mass is 10.1. The highest BCUT2D eigenvalue weighted by Gasteiger charge is 2.19. The molecule has 5 aromatic rings. The summed E-state index contributed by atoms with van der Waals surface area (Å²) in [7, 11) is 2.06. The van der Waals surface area contributed by atoms with Gasteiger partial charge in [-0.2, -0.15) is 5.26 Å². The summed E-state index contributed by atoms with van der Waals surface area (Å²) in [6, 6.07) is 13.3. The van der Waals surface area contributed by atoms with E-state index in [0.29, 0.717) is 57.5 Å². The number of hydrogen-bond acceptors (Lipinski definition) is 10. The molecule has 1 fully saturated rings. The first-order chi connectivity index (χ1) is 21.4. The number of carbonyl (C=O) groups excluding carboxylic acids is 1. The molecule has 1 saturated heterocycles. The van der Waals surface area contributed by atoms with Crippen molar-refractivity contribution >= 4 is 39.5 Å². The van der Waals surface area contributed by atoms with Gasteiger partial charge in [-0.15, -0.1) is 10.2 Å². The van der Waals surface area contributed by atoms with Crippen LogP contribution in [0.15, 0.2) is 67.4 Å². The number of pyridine rings is 1. The molecule has 0 saturated carbocycles. The number of fused-ring (bicyclic) bond motifs is 2. The molecule has 1 aliphatic rings. The molecule has 12 nitrogen and oxygen atoms in total. The van der Waals surface area contributed by atoms with E-state index in [1.54, 1.807) is 41.3 Å². The van der Waals surface area contributed by atoms with Crippen LogP contribution in [-0.2, 0) is 4.79 Å². The Balaban J connectivity index is 1.29. The Morgan fingerprint density at radius 3 is 2.84 bits per heavy atom. The number of ether oxygens (including phenoxy) is 2. The first-order valence-corrected chi connectivity index (χ1v) is 14.3. The molecule has 3 aromatic heterocycles. The van der Waals surface area contributed by atoms with E-state index in [0.717, 1.165) is 30.6 Å². The Morgan fingerprint density at radius 2 is 2.07 bits per heavy atom. The number of likely N-dealkylation sites (N-methyl/N-ethyl adjacent to an activating group) is 1. The van der Waals surface area contributed by atoms with E-state index in [1.807, 2.05) is 38.1 Å². The van der Waals surface area contributed by atoms with Gasteiger partial charge in [-0.1, -0.05) is 6.08 Å². The molecule has 2 N–H and O–H groups in total. The van der Waals surface area contributed by atoms with Crippen molar-refractivity contribution < 1.29 is 14.3 Å². The van der Waals surface area contributed by atoms with Crippen LogP contribution in [0.1, 0.15) is 30.9 Å². The maximum Gasteiger partial charge on any atom is 0.248 e. The number of nitrogens with one attached hydrogen (secondary N) is 2. The molecular formula is C32H31N9O3. The van der Waals surface area contributed by atoms with Crippen LogP contribution in [0.3, 0.4) is 0 Å². The maximum absolute atomic E-state index is 12.9. The van der Waals surface area contributed by atoms with E-state index in [2.05, 4.69) is 48.8 Å². The second-order valence-corrected chi connectivity index (χ2v) is 10.5. The number of nitrogens with zero attached hydrogens (tertiary/aromatic N) is 7. The number of carbonyl (C=O) groups is 1. The highest BCUT2D eigenvalue weighted by Crippen LogP contribution is 2.37. The number of aryl methyl sites for hydroxylation is 1. The molecule has 1 aliphatic heterocycles. The standard InChI is InChI=1S/C32H31N9O3/c1-4-43-28-14-25-24(13-26(28)38-30(42)10-8-23-6-5-11-40(23)3)32(21(16-33)17-34-25)37-22-7-9-27(20(2)12-22)44-31-15-29-39-36-19-41(29)18-35-31/h7-10,12-15,17-19,23H,4-6,11H2,1-3H3,(H,34,37)(H,38,42). The predicted molar refractivity (Wildman–Crippen MR) is 166 cm³/mol. The van der Waals surface area contributed by atoms with Crippen molar-refractivity contribution in [2.45, 2.75) is 32.7 Å². The van der Waals surface area contributed by atoms with Crippen LogP contribution in [0.4, 0.5) is 17.1 Å². The summed E-state index contributed by atoms with van der Waals surface area (Å²) in [5.74, 6) is 1.26. The second kappa shape index (κ2) is 12.4.